The van der Waals surface area contributed by atoms with Crippen LogP contribution in [0, 0.1) is 17.7 Å². The zero-order valence-corrected chi connectivity index (χ0v) is 22.6. The van der Waals surface area contributed by atoms with Gasteiger partial charge >= 0.3 is 0 Å². The number of pyridine rings is 2. The van der Waals surface area contributed by atoms with E-state index < -0.39 is 11.9 Å². The highest BCUT2D eigenvalue weighted by molar-refractivity contribution is 6.00. The van der Waals surface area contributed by atoms with Gasteiger partial charge in [-0.15, -0.1) is 0 Å². The summed E-state index contributed by atoms with van der Waals surface area (Å²) in [7, 11) is 3.26. The number of carbonyl (C=O) groups excluding carboxylic acids is 2. The third kappa shape index (κ3) is 5.13. The van der Waals surface area contributed by atoms with E-state index >= 15 is 4.39 Å². The summed E-state index contributed by atoms with van der Waals surface area (Å²) >= 11 is 0. The first-order valence-corrected chi connectivity index (χ1v) is 13.3. The molecular formula is C28H33FN8O2. The van der Waals surface area contributed by atoms with Gasteiger partial charge in [0.05, 0.1) is 23.3 Å². The van der Waals surface area contributed by atoms with Gasteiger partial charge < -0.3 is 15.2 Å². The maximum atomic E-state index is 16.0. The molecule has 0 radical (unpaired) electrons. The van der Waals surface area contributed by atoms with Crippen LogP contribution < -0.4 is 5.32 Å². The van der Waals surface area contributed by atoms with Gasteiger partial charge in [-0.2, -0.15) is 5.10 Å². The number of H-pyrrole nitrogens is 1. The Morgan fingerprint density at radius 3 is 2.67 bits per heavy atom. The number of carbonyl (C=O) groups is 2. The Bertz CT molecular complexity index is 1500. The molecule has 39 heavy (non-hydrogen) atoms. The van der Waals surface area contributed by atoms with Crippen LogP contribution in [-0.2, 0) is 6.54 Å². The maximum absolute atomic E-state index is 16.0. The van der Waals surface area contributed by atoms with Crippen molar-refractivity contribution in [3.8, 4) is 11.3 Å². The SMILES string of the molecule is CCn1nccc1C(=O)N[C@H](c1nc2c(F)c(-c3cnccc3C(=O)N(C)C)ncc2[nH]1)C1CCC(C)CC1. The van der Waals surface area contributed by atoms with Gasteiger partial charge in [-0.05, 0) is 43.7 Å². The Labute approximate surface area is 226 Å². The van der Waals surface area contributed by atoms with Crippen LogP contribution in [0.5, 0.6) is 0 Å². The number of hydrogen-bond donors (Lipinski definition) is 2. The van der Waals surface area contributed by atoms with Crippen LogP contribution >= 0.6 is 0 Å². The van der Waals surface area contributed by atoms with Crippen molar-refractivity contribution >= 4 is 22.8 Å². The molecule has 0 bridgehead atoms. The number of fused-ring (bicyclic) bond motifs is 1. The van der Waals surface area contributed by atoms with Gasteiger partial charge in [0.25, 0.3) is 11.8 Å². The van der Waals surface area contributed by atoms with Crippen molar-refractivity contribution < 1.29 is 14.0 Å². The lowest BCUT2D eigenvalue weighted by Crippen LogP contribution is -2.36. The normalized spacial score (nSPS) is 18.2. The van der Waals surface area contributed by atoms with Gasteiger partial charge in [0.15, 0.2) is 5.82 Å². The number of aryl methyl sites for hydroxylation is 1. The van der Waals surface area contributed by atoms with E-state index in [0.717, 1.165) is 25.7 Å². The second-order valence-electron chi connectivity index (χ2n) is 10.4. The van der Waals surface area contributed by atoms with Gasteiger partial charge in [0, 0.05) is 44.8 Å². The van der Waals surface area contributed by atoms with E-state index in [2.05, 4.69) is 37.3 Å². The molecule has 0 saturated heterocycles. The molecule has 0 spiro atoms. The van der Waals surface area contributed by atoms with Crippen LogP contribution in [0.2, 0.25) is 0 Å². The minimum atomic E-state index is -0.651. The predicted octanol–water partition coefficient (Wildman–Crippen LogP) is 4.37. The highest BCUT2D eigenvalue weighted by Crippen LogP contribution is 2.37. The number of aromatic amines is 1. The quantitative estimate of drug-likeness (QED) is 0.364. The average molecular weight is 533 g/mol. The summed E-state index contributed by atoms with van der Waals surface area (Å²) in [6.45, 7) is 4.73. The number of nitrogens with one attached hydrogen (secondary N) is 2. The summed E-state index contributed by atoms with van der Waals surface area (Å²) in [4.78, 5) is 43.8. The Morgan fingerprint density at radius 2 is 1.95 bits per heavy atom. The van der Waals surface area contributed by atoms with E-state index in [1.165, 1.54) is 23.5 Å². The minimum Gasteiger partial charge on any atom is -0.345 e. The van der Waals surface area contributed by atoms with E-state index in [4.69, 9.17) is 0 Å². The Hall–Kier alpha value is -4.15. The monoisotopic (exact) mass is 532 g/mol. The van der Waals surface area contributed by atoms with E-state index in [-0.39, 0.29) is 28.9 Å². The molecule has 2 amide bonds. The first-order chi connectivity index (χ1) is 18.8. The van der Waals surface area contributed by atoms with E-state index in [1.54, 1.807) is 37.1 Å². The molecule has 204 valence electrons. The van der Waals surface area contributed by atoms with E-state index in [1.807, 2.05) is 6.92 Å². The van der Waals surface area contributed by atoms with Gasteiger partial charge in [-0.1, -0.05) is 19.8 Å². The zero-order valence-electron chi connectivity index (χ0n) is 22.6. The van der Waals surface area contributed by atoms with Gasteiger partial charge in [0.2, 0.25) is 0 Å². The van der Waals surface area contributed by atoms with Crippen molar-refractivity contribution in [1.82, 2.24) is 39.9 Å². The number of nitrogens with zero attached hydrogens (tertiary/aromatic N) is 6. The maximum Gasteiger partial charge on any atom is 0.270 e. The fourth-order valence-corrected chi connectivity index (χ4v) is 5.33. The van der Waals surface area contributed by atoms with Crippen LogP contribution in [0.25, 0.3) is 22.3 Å². The number of amides is 2. The topological polar surface area (TPSA) is 122 Å². The fourth-order valence-electron chi connectivity index (χ4n) is 5.33. The third-order valence-electron chi connectivity index (χ3n) is 7.56. The minimum absolute atomic E-state index is 0.00206. The molecule has 0 unspecified atom stereocenters. The van der Waals surface area contributed by atoms with Crippen molar-refractivity contribution in [1.29, 1.82) is 0 Å². The largest absolute Gasteiger partial charge is 0.345 e. The molecule has 0 aromatic carbocycles. The van der Waals surface area contributed by atoms with Crippen LogP contribution in [0.1, 0.15) is 72.2 Å². The smallest absolute Gasteiger partial charge is 0.270 e. The molecule has 1 fully saturated rings. The Kier molecular flexibility index (Phi) is 7.40. The summed E-state index contributed by atoms with van der Waals surface area (Å²) in [5.74, 6) is 0.0626. The molecule has 1 aliphatic carbocycles. The summed E-state index contributed by atoms with van der Waals surface area (Å²) < 4.78 is 17.6. The number of aromatic nitrogens is 6. The molecule has 11 heteroatoms. The van der Waals surface area contributed by atoms with E-state index in [9.17, 15) is 9.59 Å². The van der Waals surface area contributed by atoms with Crippen LogP contribution in [-0.4, -0.2) is 60.5 Å². The van der Waals surface area contributed by atoms with Crippen molar-refractivity contribution in [3.05, 3.63) is 59.8 Å². The number of halogens is 1. The van der Waals surface area contributed by atoms with Crippen molar-refractivity contribution in [2.75, 3.05) is 14.1 Å². The third-order valence-corrected chi connectivity index (χ3v) is 7.56. The molecule has 4 aromatic rings. The Morgan fingerprint density at radius 1 is 1.18 bits per heavy atom. The average Bonchev–Trinajstić information content (AvgIpc) is 3.60. The van der Waals surface area contributed by atoms with E-state index in [0.29, 0.717) is 40.6 Å². The summed E-state index contributed by atoms with van der Waals surface area (Å²) in [5.41, 5.74) is 1.57. The summed E-state index contributed by atoms with van der Waals surface area (Å²) in [6.07, 6.45) is 9.99. The van der Waals surface area contributed by atoms with Crippen molar-refractivity contribution in [3.63, 3.8) is 0 Å². The van der Waals surface area contributed by atoms with Crippen LogP contribution in [0.15, 0.2) is 36.9 Å². The van der Waals surface area contributed by atoms with Crippen LogP contribution in [0.3, 0.4) is 0 Å². The summed E-state index contributed by atoms with van der Waals surface area (Å²) in [6, 6.07) is 2.80. The molecule has 10 nitrogen and oxygen atoms in total. The number of rotatable bonds is 7. The highest BCUT2D eigenvalue weighted by Gasteiger charge is 2.32. The molecule has 4 heterocycles. The second kappa shape index (κ2) is 10.9. The molecule has 1 atom stereocenters. The molecule has 5 rings (SSSR count). The van der Waals surface area contributed by atoms with Gasteiger partial charge in [0.1, 0.15) is 22.7 Å². The van der Waals surface area contributed by atoms with Crippen LogP contribution in [0.4, 0.5) is 4.39 Å². The summed E-state index contributed by atoms with van der Waals surface area (Å²) in [5, 5.41) is 7.38. The molecular weight excluding hydrogens is 499 g/mol. The lowest BCUT2D eigenvalue weighted by Gasteiger charge is -2.32. The predicted molar refractivity (Wildman–Crippen MR) is 144 cm³/mol. The number of hydrogen-bond acceptors (Lipinski definition) is 6. The molecule has 1 saturated carbocycles. The highest BCUT2D eigenvalue weighted by atomic mass is 19.1. The molecule has 0 aliphatic heterocycles. The first kappa shape index (κ1) is 26.5. The molecule has 2 N–H and O–H groups in total. The lowest BCUT2D eigenvalue weighted by molar-refractivity contribution is 0.0827. The zero-order chi connectivity index (χ0) is 27.7. The van der Waals surface area contributed by atoms with Gasteiger partial charge in [-0.3, -0.25) is 24.2 Å². The first-order valence-electron chi connectivity index (χ1n) is 13.3. The Balaban J connectivity index is 1.54. The van der Waals surface area contributed by atoms with Gasteiger partial charge in [-0.25, -0.2) is 9.37 Å². The van der Waals surface area contributed by atoms with Crippen molar-refractivity contribution in [2.24, 2.45) is 11.8 Å². The lowest BCUT2D eigenvalue weighted by atomic mass is 9.79. The molecule has 1 aliphatic rings. The standard InChI is InChI=1S/C28H33FN8O2/c1-5-37-21(11-13-32-37)27(38)35-23(17-8-6-16(2)7-9-17)26-33-20-15-31-24(22(29)25(20)34-26)19-14-30-12-10-18(19)28(39)36(3)4/h10-17,23H,5-9H2,1-4H3,(H,33,34)(H,35,38)/t16?,17?,23-/m0/s1. The molecule has 4 aromatic heterocycles. The second-order valence-corrected chi connectivity index (χ2v) is 10.4. The number of imidazole rings is 1. The van der Waals surface area contributed by atoms with Crippen molar-refractivity contribution in [2.45, 2.75) is 52.1 Å². The fraction of sp³-hybridized carbons (Fsp3) is 0.429.